The van der Waals surface area contributed by atoms with Gasteiger partial charge in [0.15, 0.2) is 5.76 Å². The molecule has 0 spiro atoms. The highest BCUT2D eigenvalue weighted by Gasteiger charge is 2.28. The Morgan fingerprint density at radius 2 is 1.88 bits per heavy atom. The molecule has 0 radical (unpaired) electrons. The summed E-state index contributed by atoms with van der Waals surface area (Å²) in [5.74, 6) is 1.47. The van der Waals surface area contributed by atoms with Gasteiger partial charge in [-0.3, -0.25) is 9.59 Å². The molecule has 5 nitrogen and oxygen atoms in total. The molecule has 1 heterocycles. The monoisotopic (exact) mass is 372 g/mol. The van der Waals surface area contributed by atoms with Crippen molar-refractivity contribution in [2.75, 3.05) is 13.0 Å². The molecule has 26 heavy (non-hydrogen) atoms. The molecule has 0 aliphatic carbocycles. The highest BCUT2D eigenvalue weighted by Crippen LogP contribution is 2.35. The van der Waals surface area contributed by atoms with Crippen LogP contribution in [-0.2, 0) is 4.79 Å². The molecule has 0 aromatic heterocycles. The fourth-order valence-electron chi connectivity index (χ4n) is 2.48. The van der Waals surface area contributed by atoms with Crippen molar-refractivity contribution in [1.82, 2.24) is 0 Å². The molecule has 0 fully saturated rings. The molecule has 1 aliphatic rings. The summed E-state index contributed by atoms with van der Waals surface area (Å²) in [6.45, 7) is 0. The smallest absolute Gasteiger partial charge is 0.311 e. The lowest BCUT2D eigenvalue weighted by Crippen LogP contribution is -2.07. The first-order chi connectivity index (χ1) is 12.6. The summed E-state index contributed by atoms with van der Waals surface area (Å²) in [7, 11) is 1.59. The molecule has 134 valence electrons. The topological polar surface area (TPSA) is 61.8 Å². The minimum Gasteiger partial charge on any atom is -0.497 e. The summed E-state index contributed by atoms with van der Waals surface area (Å²) in [4.78, 5) is 24.1. The van der Waals surface area contributed by atoms with Crippen molar-refractivity contribution in [2.24, 2.45) is 0 Å². The molecule has 0 amide bonds. The lowest BCUT2D eigenvalue weighted by molar-refractivity contribution is -0.134. The maximum atomic E-state index is 12.5. The number of esters is 1. The second-order valence-corrected chi connectivity index (χ2v) is 6.02. The largest absolute Gasteiger partial charge is 0.497 e. The summed E-state index contributed by atoms with van der Waals surface area (Å²) in [6.07, 6.45) is 2.45. The first-order valence-electron chi connectivity index (χ1n) is 8.09. The Labute approximate surface area is 156 Å². The van der Waals surface area contributed by atoms with Crippen molar-refractivity contribution < 1.29 is 23.8 Å². The lowest BCUT2D eigenvalue weighted by atomic mass is 10.1. The number of ketones is 1. The average Bonchev–Trinajstić information content (AvgIpc) is 2.95. The van der Waals surface area contributed by atoms with Gasteiger partial charge in [0.05, 0.1) is 12.7 Å². The number of halogens is 1. The Morgan fingerprint density at radius 1 is 1.15 bits per heavy atom. The van der Waals surface area contributed by atoms with E-state index in [1.165, 1.54) is 0 Å². The number of Topliss-reactive ketones (excluding diaryl/α,β-unsaturated/α-hetero) is 1. The van der Waals surface area contributed by atoms with Gasteiger partial charge in [-0.25, -0.2) is 0 Å². The van der Waals surface area contributed by atoms with E-state index < -0.39 is 0 Å². The number of methoxy groups -OCH3 is 1. The number of benzene rings is 2. The minimum absolute atomic E-state index is 0.212. The molecule has 0 saturated heterocycles. The molecule has 0 saturated carbocycles. The second-order valence-electron chi connectivity index (χ2n) is 5.64. The van der Waals surface area contributed by atoms with Crippen LogP contribution in [0.3, 0.4) is 0 Å². The molecule has 0 unspecified atom stereocenters. The summed E-state index contributed by atoms with van der Waals surface area (Å²) < 4.78 is 16.0. The van der Waals surface area contributed by atoms with Gasteiger partial charge in [-0.1, -0.05) is 12.1 Å². The van der Waals surface area contributed by atoms with Crippen LogP contribution in [0.2, 0.25) is 0 Å². The average molecular weight is 373 g/mol. The summed E-state index contributed by atoms with van der Waals surface area (Å²) in [6, 6.07) is 12.0. The van der Waals surface area contributed by atoms with Crippen LogP contribution in [0, 0.1) is 0 Å². The summed E-state index contributed by atoms with van der Waals surface area (Å²) in [5.41, 5.74) is 1.25. The number of allylic oxidation sites excluding steroid dienone is 1. The van der Waals surface area contributed by atoms with Crippen molar-refractivity contribution in [1.29, 1.82) is 0 Å². The van der Waals surface area contributed by atoms with E-state index in [-0.39, 0.29) is 23.9 Å². The van der Waals surface area contributed by atoms with Crippen LogP contribution in [0.15, 0.2) is 48.2 Å². The quantitative estimate of drug-likeness (QED) is 0.328. The van der Waals surface area contributed by atoms with Gasteiger partial charge >= 0.3 is 5.97 Å². The lowest BCUT2D eigenvalue weighted by Gasteiger charge is -2.05. The van der Waals surface area contributed by atoms with Crippen molar-refractivity contribution in [3.05, 3.63) is 59.4 Å². The molecule has 2 aromatic rings. The normalized spacial score (nSPS) is 14.1. The third-order valence-electron chi connectivity index (χ3n) is 3.80. The Balaban J connectivity index is 1.75. The zero-order valence-electron chi connectivity index (χ0n) is 14.2. The van der Waals surface area contributed by atoms with Gasteiger partial charge in [-0.2, -0.15) is 0 Å². The van der Waals surface area contributed by atoms with Crippen LogP contribution >= 0.6 is 11.6 Å². The number of hydrogen-bond donors (Lipinski definition) is 0. The van der Waals surface area contributed by atoms with Crippen molar-refractivity contribution in [3.8, 4) is 17.2 Å². The molecule has 2 aromatic carbocycles. The Morgan fingerprint density at radius 3 is 2.58 bits per heavy atom. The molecule has 1 aliphatic heterocycles. The third kappa shape index (κ3) is 4.06. The molecule has 0 atom stereocenters. The fraction of sp³-hybridized carbons (Fsp3) is 0.200. The van der Waals surface area contributed by atoms with E-state index in [9.17, 15) is 9.59 Å². The number of fused-ring (bicyclic) bond motifs is 1. The van der Waals surface area contributed by atoms with E-state index in [2.05, 4.69) is 0 Å². The van der Waals surface area contributed by atoms with Gasteiger partial charge in [-0.05, 0) is 42.3 Å². The molecule has 0 N–H and O–H groups in total. The van der Waals surface area contributed by atoms with Gasteiger partial charge in [-0.15, -0.1) is 11.6 Å². The Kier molecular flexibility index (Phi) is 5.58. The number of hydrogen-bond acceptors (Lipinski definition) is 5. The maximum Gasteiger partial charge on any atom is 0.311 e. The van der Waals surface area contributed by atoms with Gasteiger partial charge in [0.25, 0.3) is 0 Å². The standard InChI is InChI=1S/C20H17ClO5/c1-24-14-6-4-13(5-7-14)11-18-20(23)16-9-8-15(12-17(16)26-18)25-19(22)3-2-10-21/h4-9,11-12H,2-3,10H2,1H3/b18-11-. The number of rotatable bonds is 6. The van der Waals surface area contributed by atoms with Gasteiger partial charge in [0.1, 0.15) is 17.2 Å². The van der Waals surface area contributed by atoms with Gasteiger partial charge in [0.2, 0.25) is 5.78 Å². The van der Waals surface area contributed by atoms with E-state index in [0.29, 0.717) is 29.4 Å². The van der Waals surface area contributed by atoms with Crippen LogP contribution in [0.1, 0.15) is 28.8 Å². The van der Waals surface area contributed by atoms with Crippen molar-refractivity contribution >= 4 is 29.4 Å². The highest BCUT2D eigenvalue weighted by atomic mass is 35.5. The molecular weight excluding hydrogens is 356 g/mol. The van der Waals surface area contributed by atoms with E-state index in [1.807, 2.05) is 12.1 Å². The van der Waals surface area contributed by atoms with Crippen LogP contribution < -0.4 is 14.2 Å². The predicted molar refractivity (Wildman–Crippen MR) is 98.0 cm³/mol. The minimum atomic E-state index is -0.371. The van der Waals surface area contributed by atoms with E-state index in [4.69, 9.17) is 25.8 Å². The van der Waals surface area contributed by atoms with Crippen molar-refractivity contribution in [2.45, 2.75) is 12.8 Å². The summed E-state index contributed by atoms with van der Waals surface area (Å²) in [5, 5.41) is 0. The number of carbonyl (C=O) groups excluding carboxylic acids is 2. The number of alkyl halides is 1. The number of ether oxygens (including phenoxy) is 3. The number of carbonyl (C=O) groups is 2. The first-order valence-corrected chi connectivity index (χ1v) is 8.63. The van der Waals surface area contributed by atoms with Gasteiger partial charge in [0, 0.05) is 18.4 Å². The zero-order chi connectivity index (χ0) is 18.5. The second kappa shape index (κ2) is 8.06. The van der Waals surface area contributed by atoms with Gasteiger partial charge < -0.3 is 14.2 Å². The molecular formula is C20H17ClO5. The maximum absolute atomic E-state index is 12.5. The SMILES string of the molecule is COc1ccc(/C=C2\Oc3cc(OC(=O)CCCCl)ccc3C2=O)cc1. The molecule has 6 heteroatoms. The highest BCUT2D eigenvalue weighted by molar-refractivity contribution is 6.18. The molecule has 0 bridgehead atoms. The summed E-state index contributed by atoms with van der Waals surface area (Å²) >= 11 is 5.56. The Bertz CT molecular complexity index is 855. The Hall–Kier alpha value is -2.79. The molecule has 3 rings (SSSR count). The fourth-order valence-corrected chi connectivity index (χ4v) is 2.61. The van der Waals surface area contributed by atoms with Crippen molar-refractivity contribution in [3.63, 3.8) is 0 Å². The van der Waals surface area contributed by atoms with Crippen LogP contribution in [0.25, 0.3) is 6.08 Å². The van der Waals surface area contributed by atoms with E-state index >= 15 is 0 Å². The first kappa shape index (κ1) is 18.0. The third-order valence-corrected chi connectivity index (χ3v) is 4.07. The van der Waals surface area contributed by atoms with E-state index in [0.717, 1.165) is 11.3 Å². The van der Waals surface area contributed by atoms with Crippen LogP contribution in [0.5, 0.6) is 17.2 Å². The van der Waals surface area contributed by atoms with Crippen LogP contribution in [0.4, 0.5) is 0 Å². The predicted octanol–water partition coefficient (Wildman–Crippen LogP) is 4.24. The zero-order valence-corrected chi connectivity index (χ0v) is 14.9. The van der Waals surface area contributed by atoms with E-state index in [1.54, 1.807) is 43.5 Å². The van der Waals surface area contributed by atoms with Crippen LogP contribution in [-0.4, -0.2) is 24.7 Å².